The molecule has 9 nitrogen and oxygen atoms in total. The van der Waals surface area contributed by atoms with Crippen LogP contribution >= 0.6 is 0 Å². The Morgan fingerprint density at radius 1 is 1.53 bits per heavy atom. The largest absolute Gasteiger partial charge is 0.326 e. The van der Waals surface area contributed by atoms with Crippen molar-refractivity contribution in [3.05, 3.63) is 23.9 Å². The molecule has 0 bridgehead atoms. The van der Waals surface area contributed by atoms with E-state index in [4.69, 9.17) is 5.73 Å². The first-order valence-electron chi connectivity index (χ1n) is 5.59. The smallest absolute Gasteiger partial charge is 0.257 e. The van der Waals surface area contributed by atoms with Gasteiger partial charge in [0.05, 0.1) is 6.20 Å². The minimum Gasteiger partial charge on any atom is -0.326 e. The minimum atomic E-state index is -3.63. The van der Waals surface area contributed by atoms with E-state index in [1.165, 1.54) is 6.20 Å². The highest BCUT2D eigenvalue weighted by Gasteiger charge is 2.19. The van der Waals surface area contributed by atoms with E-state index in [1.807, 2.05) is 0 Å². The molecule has 0 saturated heterocycles. The van der Waals surface area contributed by atoms with E-state index in [2.05, 4.69) is 25.0 Å². The zero-order valence-electron chi connectivity index (χ0n) is 10.4. The third-order valence-electron chi connectivity index (χ3n) is 2.45. The van der Waals surface area contributed by atoms with Gasteiger partial charge in [0, 0.05) is 32.1 Å². The average molecular weight is 285 g/mol. The van der Waals surface area contributed by atoms with Crippen molar-refractivity contribution in [3.8, 4) is 0 Å². The number of sulfonamides is 1. The predicted octanol–water partition coefficient (Wildman–Crippen LogP) is -1.48. The highest BCUT2D eigenvalue weighted by molar-refractivity contribution is 7.89. The first-order chi connectivity index (χ1) is 9.03. The van der Waals surface area contributed by atoms with Crippen LogP contribution in [0.1, 0.15) is 11.4 Å². The molecule has 0 unspecified atom stereocenters. The maximum Gasteiger partial charge on any atom is 0.257 e. The minimum absolute atomic E-state index is 0.00369. The molecule has 2 aromatic heterocycles. The highest BCUT2D eigenvalue weighted by atomic mass is 32.2. The Labute approximate surface area is 110 Å². The Morgan fingerprint density at radius 3 is 2.95 bits per heavy atom. The van der Waals surface area contributed by atoms with Crippen molar-refractivity contribution < 1.29 is 8.42 Å². The molecule has 0 radical (unpaired) electrons. The molecule has 0 amide bonds. The summed E-state index contributed by atoms with van der Waals surface area (Å²) in [5.41, 5.74) is 5.89. The van der Waals surface area contributed by atoms with Crippen LogP contribution in [0.25, 0.3) is 0 Å². The molecule has 0 aliphatic heterocycles. The molecular formula is C9H15N7O2S. The van der Waals surface area contributed by atoms with Gasteiger partial charge in [0.15, 0.2) is 10.9 Å². The lowest BCUT2D eigenvalue weighted by Crippen LogP contribution is -2.27. The van der Waals surface area contributed by atoms with Crippen LogP contribution in [0.5, 0.6) is 0 Å². The van der Waals surface area contributed by atoms with Crippen molar-refractivity contribution in [1.29, 1.82) is 0 Å². The first-order valence-corrected chi connectivity index (χ1v) is 7.07. The van der Waals surface area contributed by atoms with Crippen LogP contribution in [-0.2, 0) is 30.0 Å². The number of aromatic nitrogens is 5. The summed E-state index contributed by atoms with van der Waals surface area (Å²) in [6.07, 6.45) is 3.37. The second-order valence-corrected chi connectivity index (χ2v) is 5.61. The van der Waals surface area contributed by atoms with Crippen LogP contribution in [0.2, 0.25) is 0 Å². The third kappa shape index (κ3) is 3.16. The van der Waals surface area contributed by atoms with Crippen molar-refractivity contribution in [3.63, 3.8) is 0 Å². The summed E-state index contributed by atoms with van der Waals surface area (Å²) in [5, 5.41) is 10.2. The number of H-pyrrole nitrogens is 1. The van der Waals surface area contributed by atoms with Crippen LogP contribution in [0.3, 0.4) is 0 Å². The lowest BCUT2D eigenvalue weighted by atomic mass is 10.4. The fourth-order valence-corrected chi connectivity index (χ4v) is 2.71. The van der Waals surface area contributed by atoms with Crippen LogP contribution in [0, 0.1) is 0 Å². The van der Waals surface area contributed by atoms with Gasteiger partial charge in [-0.3, -0.25) is 9.78 Å². The molecule has 0 atom stereocenters. The zero-order valence-corrected chi connectivity index (χ0v) is 11.2. The van der Waals surface area contributed by atoms with Gasteiger partial charge >= 0.3 is 0 Å². The van der Waals surface area contributed by atoms with E-state index in [1.54, 1.807) is 18.1 Å². The Morgan fingerprint density at radius 2 is 2.32 bits per heavy atom. The van der Waals surface area contributed by atoms with Crippen LogP contribution in [0.4, 0.5) is 0 Å². The monoisotopic (exact) mass is 285 g/mol. The molecule has 10 heteroatoms. The molecule has 0 aromatic carbocycles. The molecular weight excluding hydrogens is 270 g/mol. The number of aryl methyl sites for hydroxylation is 1. The standard InChI is InChI=1S/C9H15N7O2S/c1-16-6-11-8(15-16)2-3-13-19(17,18)9-7(4-10)5-12-14-9/h5-6,13H,2-4,10H2,1H3,(H,12,14). The quantitative estimate of drug-likeness (QED) is 0.593. The second-order valence-electron chi connectivity index (χ2n) is 3.91. The first kappa shape index (κ1) is 13.6. The topological polar surface area (TPSA) is 132 Å². The molecule has 0 saturated carbocycles. The number of nitrogens with two attached hydrogens (primary N) is 1. The molecule has 2 rings (SSSR count). The van der Waals surface area contributed by atoms with E-state index in [9.17, 15) is 8.42 Å². The maximum atomic E-state index is 12.0. The van der Waals surface area contributed by atoms with Gasteiger partial charge in [-0.05, 0) is 0 Å². The number of nitrogens with zero attached hydrogens (tertiary/aromatic N) is 4. The summed E-state index contributed by atoms with van der Waals surface area (Å²) < 4.78 is 28.0. The summed E-state index contributed by atoms with van der Waals surface area (Å²) in [7, 11) is -1.88. The number of aromatic amines is 1. The van der Waals surface area contributed by atoms with Gasteiger partial charge in [0.2, 0.25) is 0 Å². The fourth-order valence-electron chi connectivity index (χ4n) is 1.55. The van der Waals surface area contributed by atoms with Crippen molar-refractivity contribution in [2.24, 2.45) is 12.8 Å². The molecule has 0 aliphatic carbocycles. The molecule has 2 heterocycles. The Bertz CT molecular complexity index is 645. The van der Waals surface area contributed by atoms with Crippen molar-refractivity contribution in [2.45, 2.75) is 18.0 Å². The SMILES string of the molecule is Cn1cnc(CCNS(=O)(=O)c2[nH]ncc2CN)n1. The molecule has 0 fully saturated rings. The van der Waals surface area contributed by atoms with Gasteiger partial charge in [-0.15, -0.1) is 0 Å². The Kier molecular flexibility index (Phi) is 3.93. The van der Waals surface area contributed by atoms with Crippen molar-refractivity contribution >= 4 is 10.0 Å². The van der Waals surface area contributed by atoms with Gasteiger partial charge in [-0.1, -0.05) is 0 Å². The predicted molar refractivity (Wildman–Crippen MR) is 66.4 cm³/mol. The van der Waals surface area contributed by atoms with Gasteiger partial charge in [0.1, 0.15) is 6.33 Å². The van der Waals surface area contributed by atoms with Gasteiger partial charge < -0.3 is 5.73 Å². The van der Waals surface area contributed by atoms with E-state index in [-0.39, 0.29) is 18.1 Å². The Hall–Kier alpha value is -1.78. The number of hydrogen-bond donors (Lipinski definition) is 3. The summed E-state index contributed by atoms with van der Waals surface area (Å²) in [6.45, 7) is 0.309. The van der Waals surface area contributed by atoms with Crippen LogP contribution < -0.4 is 10.5 Å². The number of nitrogens with one attached hydrogen (secondary N) is 2. The molecule has 104 valence electrons. The summed E-state index contributed by atoms with van der Waals surface area (Å²) >= 11 is 0. The van der Waals surface area contributed by atoms with E-state index < -0.39 is 10.0 Å². The van der Waals surface area contributed by atoms with Crippen molar-refractivity contribution in [2.75, 3.05) is 6.54 Å². The van der Waals surface area contributed by atoms with E-state index >= 15 is 0 Å². The van der Waals surface area contributed by atoms with Gasteiger partial charge in [-0.25, -0.2) is 18.1 Å². The normalized spacial score (nSPS) is 11.9. The summed E-state index contributed by atoms with van der Waals surface area (Å²) in [4.78, 5) is 4.01. The zero-order chi connectivity index (χ0) is 13.9. The number of hydrogen-bond acceptors (Lipinski definition) is 6. The fraction of sp³-hybridized carbons (Fsp3) is 0.444. The van der Waals surface area contributed by atoms with Crippen LogP contribution in [-0.4, -0.2) is 39.9 Å². The average Bonchev–Trinajstić information content (AvgIpc) is 2.97. The second kappa shape index (κ2) is 5.47. The van der Waals surface area contributed by atoms with E-state index in [0.29, 0.717) is 17.8 Å². The third-order valence-corrected chi connectivity index (χ3v) is 3.93. The molecule has 19 heavy (non-hydrogen) atoms. The maximum absolute atomic E-state index is 12.0. The molecule has 0 aliphatic rings. The Balaban J connectivity index is 1.98. The van der Waals surface area contributed by atoms with Crippen molar-refractivity contribution in [1.82, 2.24) is 29.7 Å². The highest BCUT2D eigenvalue weighted by Crippen LogP contribution is 2.10. The summed E-state index contributed by atoms with van der Waals surface area (Å²) in [6, 6.07) is 0. The van der Waals surface area contributed by atoms with Gasteiger partial charge in [-0.2, -0.15) is 10.2 Å². The lowest BCUT2D eigenvalue weighted by Gasteiger charge is -2.04. The molecule has 0 spiro atoms. The number of rotatable bonds is 6. The van der Waals surface area contributed by atoms with Crippen LogP contribution in [0.15, 0.2) is 17.6 Å². The molecule has 2 aromatic rings. The lowest BCUT2D eigenvalue weighted by molar-refractivity contribution is 0.575. The summed E-state index contributed by atoms with van der Waals surface area (Å²) in [5.74, 6) is 0.578. The van der Waals surface area contributed by atoms with E-state index in [0.717, 1.165) is 0 Å². The van der Waals surface area contributed by atoms with Gasteiger partial charge in [0.25, 0.3) is 10.0 Å². The molecule has 4 N–H and O–H groups in total.